The minimum Gasteiger partial charge on any atom is -0.383 e. The van der Waals surface area contributed by atoms with Gasteiger partial charge in [0.1, 0.15) is 6.10 Å². The van der Waals surface area contributed by atoms with Crippen LogP contribution >= 0.6 is 0 Å². The first-order chi connectivity index (χ1) is 13.4. The Balaban J connectivity index is 1.66. The van der Waals surface area contributed by atoms with E-state index in [0.717, 1.165) is 5.56 Å². The molecule has 1 heterocycles. The van der Waals surface area contributed by atoms with Crippen LogP contribution in [0.25, 0.3) is 0 Å². The first-order valence-corrected chi connectivity index (χ1v) is 10.1. The molecule has 2 N–H and O–H groups in total. The lowest BCUT2D eigenvalue weighted by atomic mass is 9.90. The summed E-state index contributed by atoms with van der Waals surface area (Å²) in [4.78, 5) is 0. The summed E-state index contributed by atoms with van der Waals surface area (Å²) in [7, 11) is 0. The third-order valence-electron chi connectivity index (χ3n) is 5.79. The summed E-state index contributed by atoms with van der Waals surface area (Å²) < 4.78 is 39.8. The second kappa shape index (κ2) is 9.44. The van der Waals surface area contributed by atoms with Crippen molar-refractivity contribution in [2.75, 3.05) is 0 Å². The average molecular weight is 396 g/mol. The molecule has 6 atom stereocenters. The molecular formula is C22H30F2O4. The zero-order chi connectivity index (χ0) is 20.1. The molecule has 28 heavy (non-hydrogen) atoms. The standard InChI is InChI=1S/C22H30F2O4/c1-2-3-11-22(23,24)20(25)10-9-16-17-12-21(26)28-19(17)13-18(16)27-14-15-7-5-4-6-8-15/h4-10,16-21,25-26H,2-3,11-14H2,1H3/t16?,17?,18-,19+,20?,21?/m1/s1. The fraction of sp³-hybridized carbons (Fsp3) is 0.636. The molecule has 3 rings (SSSR count). The molecule has 156 valence electrons. The normalized spacial score (nSPS) is 31.4. The number of fused-ring (bicyclic) bond motifs is 1. The predicted molar refractivity (Wildman–Crippen MR) is 102 cm³/mol. The van der Waals surface area contributed by atoms with Crippen LogP contribution in [0.5, 0.6) is 0 Å². The van der Waals surface area contributed by atoms with Gasteiger partial charge in [0, 0.05) is 25.2 Å². The van der Waals surface area contributed by atoms with E-state index < -0.39 is 18.3 Å². The fourth-order valence-electron chi connectivity index (χ4n) is 4.20. The van der Waals surface area contributed by atoms with E-state index >= 15 is 0 Å². The molecule has 0 amide bonds. The van der Waals surface area contributed by atoms with Crippen LogP contribution in [0.3, 0.4) is 0 Å². The van der Waals surface area contributed by atoms with Gasteiger partial charge in [0.25, 0.3) is 5.92 Å². The lowest BCUT2D eigenvalue weighted by molar-refractivity contribution is -0.0992. The van der Waals surface area contributed by atoms with Gasteiger partial charge in [-0.25, -0.2) is 8.78 Å². The molecule has 4 nitrogen and oxygen atoms in total. The summed E-state index contributed by atoms with van der Waals surface area (Å²) in [5.74, 6) is -3.32. The van der Waals surface area contributed by atoms with E-state index in [4.69, 9.17) is 9.47 Å². The molecule has 1 aliphatic carbocycles. The van der Waals surface area contributed by atoms with Crippen molar-refractivity contribution in [3.63, 3.8) is 0 Å². The van der Waals surface area contributed by atoms with Crippen molar-refractivity contribution >= 4 is 0 Å². The van der Waals surface area contributed by atoms with Crippen molar-refractivity contribution in [2.45, 2.75) is 76.2 Å². The number of alkyl halides is 2. The van der Waals surface area contributed by atoms with Crippen LogP contribution in [0, 0.1) is 11.8 Å². The smallest absolute Gasteiger partial charge is 0.276 e. The SMILES string of the molecule is CCCCC(F)(F)C(O)C=CC1C2CC(O)O[C@H]2C[C@H]1OCc1ccccc1. The van der Waals surface area contributed by atoms with E-state index in [1.54, 1.807) is 6.08 Å². The van der Waals surface area contributed by atoms with E-state index in [2.05, 4.69) is 0 Å². The lowest BCUT2D eigenvalue weighted by Crippen LogP contribution is -2.32. The summed E-state index contributed by atoms with van der Waals surface area (Å²) in [6.45, 7) is 2.27. The van der Waals surface area contributed by atoms with E-state index in [-0.39, 0.29) is 30.5 Å². The van der Waals surface area contributed by atoms with Gasteiger partial charge in [-0.2, -0.15) is 0 Å². The highest BCUT2D eigenvalue weighted by Crippen LogP contribution is 2.45. The maximum Gasteiger partial charge on any atom is 0.276 e. The number of ether oxygens (including phenoxy) is 2. The number of halogens is 2. The van der Waals surface area contributed by atoms with Crippen molar-refractivity contribution in [3.05, 3.63) is 48.0 Å². The Hall–Kier alpha value is -1.34. The quantitative estimate of drug-likeness (QED) is 0.618. The Bertz CT molecular complexity index is 637. The zero-order valence-corrected chi connectivity index (χ0v) is 16.2. The van der Waals surface area contributed by atoms with E-state index in [9.17, 15) is 19.0 Å². The molecule has 0 radical (unpaired) electrons. The monoisotopic (exact) mass is 396 g/mol. The van der Waals surface area contributed by atoms with Gasteiger partial charge in [-0.1, -0.05) is 55.8 Å². The molecule has 1 saturated carbocycles. The Labute approximate surface area is 165 Å². The molecule has 0 aromatic heterocycles. The molecule has 0 bridgehead atoms. The number of hydrogen-bond acceptors (Lipinski definition) is 4. The zero-order valence-electron chi connectivity index (χ0n) is 16.2. The van der Waals surface area contributed by atoms with Gasteiger partial charge >= 0.3 is 0 Å². The van der Waals surface area contributed by atoms with E-state index in [1.807, 2.05) is 37.3 Å². The number of aliphatic hydroxyl groups excluding tert-OH is 2. The second-order valence-corrected chi connectivity index (χ2v) is 7.87. The average Bonchev–Trinajstić information content (AvgIpc) is 3.19. The van der Waals surface area contributed by atoms with Crippen LogP contribution in [0.4, 0.5) is 8.78 Å². The van der Waals surface area contributed by atoms with Gasteiger partial charge in [-0.05, 0) is 17.9 Å². The van der Waals surface area contributed by atoms with E-state index in [1.165, 1.54) is 6.08 Å². The topological polar surface area (TPSA) is 58.9 Å². The van der Waals surface area contributed by atoms with Gasteiger partial charge in [-0.3, -0.25) is 0 Å². The highest BCUT2D eigenvalue weighted by Gasteiger charge is 2.49. The van der Waals surface area contributed by atoms with Gasteiger partial charge in [0.15, 0.2) is 6.29 Å². The molecule has 1 aromatic carbocycles. The Morgan fingerprint density at radius 2 is 2.04 bits per heavy atom. The van der Waals surface area contributed by atoms with Crippen LogP contribution in [0.2, 0.25) is 0 Å². The maximum atomic E-state index is 14.1. The third kappa shape index (κ3) is 5.17. The summed E-state index contributed by atoms with van der Waals surface area (Å²) >= 11 is 0. The molecule has 4 unspecified atom stereocenters. The van der Waals surface area contributed by atoms with Crippen molar-refractivity contribution in [1.82, 2.24) is 0 Å². The van der Waals surface area contributed by atoms with Crippen molar-refractivity contribution in [3.8, 4) is 0 Å². The fourth-order valence-corrected chi connectivity index (χ4v) is 4.20. The summed E-state index contributed by atoms with van der Waals surface area (Å²) in [5.41, 5.74) is 1.04. The van der Waals surface area contributed by atoms with Gasteiger partial charge in [0.05, 0.1) is 18.8 Å². The van der Waals surface area contributed by atoms with Crippen molar-refractivity contribution in [1.29, 1.82) is 0 Å². The van der Waals surface area contributed by atoms with Gasteiger partial charge in [-0.15, -0.1) is 0 Å². The maximum absolute atomic E-state index is 14.1. The Kier molecular flexibility index (Phi) is 7.20. The molecule has 1 aliphatic heterocycles. The van der Waals surface area contributed by atoms with Crippen LogP contribution in [-0.2, 0) is 16.1 Å². The first kappa shape index (κ1) is 21.4. The van der Waals surface area contributed by atoms with Crippen molar-refractivity contribution < 1.29 is 28.5 Å². The molecule has 1 saturated heterocycles. The molecule has 2 fully saturated rings. The van der Waals surface area contributed by atoms with Gasteiger partial charge in [0.2, 0.25) is 0 Å². The minimum atomic E-state index is -3.14. The van der Waals surface area contributed by atoms with E-state index in [0.29, 0.717) is 32.3 Å². The Morgan fingerprint density at radius 1 is 1.29 bits per heavy atom. The Morgan fingerprint density at radius 3 is 2.75 bits per heavy atom. The molecule has 6 heteroatoms. The molecule has 1 aromatic rings. The number of unbranched alkanes of at least 4 members (excludes halogenated alkanes) is 1. The summed E-state index contributed by atoms with van der Waals surface area (Å²) in [6, 6.07) is 9.75. The largest absolute Gasteiger partial charge is 0.383 e. The minimum absolute atomic E-state index is 0.00323. The number of rotatable bonds is 9. The number of benzene rings is 1. The number of hydrogen-bond donors (Lipinski definition) is 2. The van der Waals surface area contributed by atoms with Crippen LogP contribution < -0.4 is 0 Å². The predicted octanol–water partition coefficient (Wildman–Crippen LogP) is 4.06. The molecular weight excluding hydrogens is 366 g/mol. The van der Waals surface area contributed by atoms with Crippen molar-refractivity contribution in [2.24, 2.45) is 11.8 Å². The van der Waals surface area contributed by atoms with Crippen LogP contribution in [0.1, 0.15) is 44.6 Å². The van der Waals surface area contributed by atoms with Crippen LogP contribution in [0.15, 0.2) is 42.5 Å². The highest BCUT2D eigenvalue weighted by atomic mass is 19.3. The first-order valence-electron chi connectivity index (χ1n) is 10.1. The summed E-state index contributed by atoms with van der Waals surface area (Å²) in [6.07, 6.45) is 1.60. The lowest BCUT2D eigenvalue weighted by Gasteiger charge is -2.23. The van der Waals surface area contributed by atoms with Crippen LogP contribution in [-0.4, -0.2) is 40.7 Å². The molecule has 2 aliphatic rings. The second-order valence-electron chi connectivity index (χ2n) is 7.87. The summed E-state index contributed by atoms with van der Waals surface area (Å²) in [5, 5.41) is 19.8. The van der Waals surface area contributed by atoms with Gasteiger partial charge < -0.3 is 19.7 Å². The number of aliphatic hydroxyl groups is 2. The molecule has 0 spiro atoms. The third-order valence-corrected chi connectivity index (χ3v) is 5.79. The highest BCUT2D eigenvalue weighted by molar-refractivity contribution is 5.14.